The van der Waals surface area contributed by atoms with Gasteiger partial charge in [0.05, 0.1) is 14.8 Å². The molecule has 0 unspecified atom stereocenters. The van der Waals surface area contributed by atoms with Crippen molar-refractivity contribution in [3.8, 4) is 0 Å². The first-order valence-corrected chi connectivity index (χ1v) is 7.90. The maximum Gasteiger partial charge on any atom is 0.332 e. The predicted molar refractivity (Wildman–Crippen MR) is 89.6 cm³/mol. The summed E-state index contributed by atoms with van der Waals surface area (Å²) in [5.74, 6) is 0. The quantitative estimate of drug-likeness (QED) is 0.623. The predicted octanol–water partition coefficient (Wildman–Crippen LogP) is 2.41. The van der Waals surface area contributed by atoms with Gasteiger partial charge in [0.1, 0.15) is 4.83 Å². The molecule has 2 aromatic heterocycles. The summed E-state index contributed by atoms with van der Waals surface area (Å²) in [6.07, 6.45) is 0. The van der Waals surface area contributed by atoms with Gasteiger partial charge in [-0.2, -0.15) is 0 Å². The SMILES string of the molecule is Cn1c(=O)n(Cc2ccccc2)c(=O)c2cc(I)sc21. The Morgan fingerprint density at radius 3 is 2.60 bits per heavy atom. The van der Waals surface area contributed by atoms with Crippen LogP contribution >= 0.6 is 33.9 Å². The monoisotopic (exact) mass is 398 g/mol. The molecule has 0 saturated heterocycles. The normalized spacial score (nSPS) is 11.1. The molecule has 0 amide bonds. The fourth-order valence-electron chi connectivity index (χ4n) is 2.16. The van der Waals surface area contributed by atoms with Crippen LogP contribution in [0.5, 0.6) is 0 Å². The summed E-state index contributed by atoms with van der Waals surface area (Å²) in [6.45, 7) is 0.300. The van der Waals surface area contributed by atoms with Crippen molar-refractivity contribution in [3.63, 3.8) is 0 Å². The summed E-state index contributed by atoms with van der Waals surface area (Å²) < 4.78 is 3.84. The number of thiophene rings is 1. The lowest BCUT2D eigenvalue weighted by Gasteiger charge is -2.08. The maximum absolute atomic E-state index is 12.5. The molecular formula is C14H11IN2O2S. The highest BCUT2D eigenvalue weighted by Gasteiger charge is 2.13. The molecule has 0 spiro atoms. The summed E-state index contributed by atoms with van der Waals surface area (Å²) in [5, 5.41) is 0.609. The van der Waals surface area contributed by atoms with Crippen molar-refractivity contribution in [2.24, 2.45) is 7.05 Å². The van der Waals surface area contributed by atoms with Gasteiger partial charge in [-0.1, -0.05) is 30.3 Å². The lowest BCUT2D eigenvalue weighted by molar-refractivity contribution is 0.663. The molecule has 0 aliphatic carbocycles. The number of hydrogen-bond acceptors (Lipinski definition) is 3. The van der Waals surface area contributed by atoms with Crippen molar-refractivity contribution < 1.29 is 0 Å². The Bertz CT molecular complexity index is 893. The van der Waals surface area contributed by atoms with Gasteiger partial charge in [-0.25, -0.2) is 4.79 Å². The lowest BCUT2D eigenvalue weighted by atomic mass is 10.2. The van der Waals surface area contributed by atoms with E-state index in [0.29, 0.717) is 11.9 Å². The molecule has 2 heterocycles. The summed E-state index contributed by atoms with van der Waals surface area (Å²) in [6, 6.07) is 11.4. The molecule has 0 saturated carbocycles. The third-order valence-corrected chi connectivity index (χ3v) is 5.14. The maximum atomic E-state index is 12.5. The van der Waals surface area contributed by atoms with E-state index in [1.807, 2.05) is 36.4 Å². The van der Waals surface area contributed by atoms with Crippen molar-refractivity contribution in [2.75, 3.05) is 0 Å². The molecule has 0 atom stereocenters. The third-order valence-electron chi connectivity index (χ3n) is 3.16. The van der Waals surface area contributed by atoms with E-state index in [-0.39, 0.29) is 11.2 Å². The molecule has 0 radical (unpaired) electrons. The van der Waals surface area contributed by atoms with Crippen molar-refractivity contribution in [3.05, 3.63) is 65.7 Å². The first kappa shape index (κ1) is 13.6. The molecule has 6 heteroatoms. The van der Waals surface area contributed by atoms with Crippen molar-refractivity contribution in [1.29, 1.82) is 0 Å². The third kappa shape index (κ3) is 2.22. The second-order valence-corrected chi connectivity index (χ2v) is 7.41. The van der Waals surface area contributed by atoms with Gasteiger partial charge in [0.25, 0.3) is 5.56 Å². The largest absolute Gasteiger partial charge is 0.332 e. The Hall–Kier alpha value is -1.41. The molecule has 102 valence electrons. The smallest absolute Gasteiger partial charge is 0.287 e. The van der Waals surface area contributed by atoms with Crippen LogP contribution in [0.4, 0.5) is 0 Å². The van der Waals surface area contributed by atoms with E-state index in [1.165, 1.54) is 15.9 Å². The van der Waals surface area contributed by atoms with Gasteiger partial charge >= 0.3 is 5.69 Å². The number of nitrogens with zero attached hydrogens (tertiary/aromatic N) is 2. The molecule has 3 rings (SSSR count). The lowest BCUT2D eigenvalue weighted by Crippen LogP contribution is -2.38. The molecule has 0 aliphatic rings. The summed E-state index contributed by atoms with van der Waals surface area (Å²) >= 11 is 3.63. The second-order valence-electron chi connectivity index (χ2n) is 4.49. The Labute approximate surface area is 132 Å². The van der Waals surface area contributed by atoms with Gasteiger partial charge in [0, 0.05) is 7.05 Å². The molecule has 0 N–H and O–H groups in total. The van der Waals surface area contributed by atoms with E-state index < -0.39 is 0 Å². The minimum atomic E-state index is -0.274. The van der Waals surface area contributed by atoms with Crippen molar-refractivity contribution in [1.82, 2.24) is 9.13 Å². The van der Waals surface area contributed by atoms with Crippen LogP contribution in [0.25, 0.3) is 10.2 Å². The second kappa shape index (κ2) is 5.17. The van der Waals surface area contributed by atoms with E-state index >= 15 is 0 Å². The molecule has 0 fully saturated rings. The molecular weight excluding hydrogens is 387 g/mol. The number of hydrogen-bond donors (Lipinski definition) is 0. The standard InChI is InChI=1S/C14H11IN2O2S/c1-16-13-10(7-11(15)20-13)12(18)17(14(16)19)8-9-5-3-2-4-6-9/h2-7H,8H2,1H3. The van der Waals surface area contributed by atoms with Crippen LogP contribution in [0, 0.1) is 2.88 Å². The van der Waals surface area contributed by atoms with Gasteiger partial charge in [0.2, 0.25) is 0 Å². The van der Waals surface area contributed by atoms with Gasteiger partial charge in [-0.3, -0.25) is 13.9 Å². The fraction of sp³-hybridized carbons (Fsp3) is 0.143. The Morgan fingerprint density at radius 2 is 1.90 bits per heavy atom. The van der Waals surface area contributed by atoms with Crippen LogP contribution in [0.2, 0.25) is 0 Å². The van der Waals surface area contributed by atoms with Crippen LogP contribution in [-0.2, 0) is 13.6 Å². The summed E-state index contributed by atoms with van der Waals surface area (Å²) in [7, 11) is 1.71. The first-order valence-electron chi connectivity index (χ1n) is 6.00. The van der Waals surface area contributed by atoms with E-state index in [4.69, 9.17) is 0 Å². The summed E-state index contributed by atoms with van der Waals surface area (Å²) in [4.78, 5) is 25.5. The number of aryl methyl sites for hydroxylation is 1. The van der Waals surface area contributed by atoms with E-state index in [2.05, 4.69) is 22.6 Å². The summed E-state index contributed by atoms with van der Waals surface area (Å²) in [5.41, 5.74) is 0.451. The van der Waals surface area contributed by atoms with Gasteiger partial charge in [0.15, 0.2) is 0 Å². The van der Waals surface area contributed by atoms with Crippen LogP contribution in [0.3, 0.4) is 0 Å². The average Bonchev–Trinajstić information content (AvgIpc) is 2.85. The molecule has 1 aromatic carbocycles. The molecule has 0 aliphatic heterocycles. The van der Waals surface area contributed by atoms with E-state index in [9.17, 15) is 9.59 Å². The van der Waals surface area contributed by atoms with Crippen LogP contribution in [0.15, 0.2) is 46.0 Å². The fourth-order valence-corrected chi connectivity index (χ4v) is 3.93. The van der Waals surface area contributed by atoms with E-state index in [1.54, 1.807) is 11.6 Å². The van der Waals surface area contributed by atoms with Gasteiger partial charge < -0.3 is 0 Å². The Kier molecular flexibility index (Phi) is 3.51. The van der Waals surface area contributed by atoms with Gasteiger partial charge in [-0.05, 0) is 34.2 Å². The zero-order chi connectivity index (χ0) is 14.3. The first-order chi connectivity index (χ1) is 9.58. The minimum absolute atomic E-state index is 0.217. The molecule has 3 aromatic rings. The average molecular weight is 398 g/mol. The van der Waals surface area contributed by atoms with E-state index in [0.717, 1.165) is 13.3 Å². The molecule has 0 bridgehead atoms. The highest BCUT2D eigenvalue weighted by molar-refractivity contribution is 14.1. The Morgan fingerprint density at radius 1 is 1.20 bits per heavy atom. The molecule has 4 nitrogen and oxygen atoms in total. The zero-order valence-electron chi connectivity index (χ0n) is 10.7. The molecule has 20 heavy (non-hydrogen) atoms. The number of benzene rings is 1. The minimum Gasteiger partial charge on any atom is -0.287 e. The van der Waals surface area contributed by atoms with Crippen molar-refractivity contribution >= 4 is 44.1 Å². The topological polar surface area (TPSA) is 44.0 Å². The highest BCUT2D eigenvalue weighted by Crippen LogP contribution is 2.22. The zero-order valence-corrected chi connectivity index (χ0v) is 13.6. The van der Waals surface area contributed by atoms with Crippen LogP contribution in [0.1, 0.15) is 5.56 Å². The number of rotatable bonds is 2. The Balaban J connectivity index is 2.26. The number of halogens is 1. The van der Waals surface area contributed by atoms with Crippen LogP contribution in [-0.4, -0.2) is 9.13 Å². The van der Waals surface area contributed by atoms with Crippen LogP contribution < -0.4 is 11.2 Å². The highest BCUT2D eigenvalue weighted by atomic mass is 127. The number of fused-ring (bicyclic) bond motifs is 1. The van der Waals surface area contributed by atoms with Gasteiger partial charge in [-0.15, -0.1) is 11.3 Å². The van der Waals surface area contributed by atoms with Crippen molar-refractivity contribution in [2.45, 2.75) is 6.54 Å². The number of aromatic nitrogens is 2.